The molecule has 1 unspecified atom stereocenters. The van der Waals surface area contributed by atoms with Gasteiger partial charge in [0.25, 0.3) is 0 Å². The second-order valence-corrected chi connectivity index (χ2v) is 6.16. The summed E-state index contributed by atoms with van der Waals surface area (Å²) in [6, 6.07) is 8.10. The van der Waals surface area contributed by atoms with E-state index in [4.69, 9.17) is 16.3 Å². The molecule has 1 aliphatic heterocycles. The van der Waals surface area contributed by atoms with Gasteiger partial charge in [-0.05, 0) is 37.1 Å². The number of ether oxygens (including phenoxy) is 1. The lowest BCUT2D eigenvalue weighted by Crippen LogP contribution is -2.37. The second-order valence-electron chi connectivity index (χ2n) is 5.73. The highest BCUT2D eigenvalue weighted by molar-refractivity contribution is 6.30. The summed E-state index contributed by atoms with van der Waals surface area (Å²) in [5, 5.41) is 0.803. The van der Waals surface area contributed by atoms with Gasteiger partial charge in [0.1, 0.15) is 0 Å². The first-order valence-electron chi connectivity index (χ1n) is 7.65. The number of likely N-dealkylation sites (tertiary alicyclic amines) is 1. The van der Waals surface area contributed by atoms with E-state index in [2.05, 4.69) is 20.9 Å². The van der Waals surface area contributed by atoms with E-state index in [1.54, 1.807) is 18.6 Å². The lowest BCUT2D eigenvalue weighted by atomic mass is 9.98. The summed E-state index contributed by atoms with van der Waals surface area (Å²) in [6.07, 6.45) is 7.37. The van der Waals surface area contributed by atoms with Crippen LogP contribution in [0.3, 0.4) is 0 Å². The fourth-order valence-electron chi connectivity index (χ4n) is 2.89. The maximum absolute atomic E-state index is 6.06. The van der Waals surface area contributed by atoms with Crippen LogP contribution in [0, 0.1) is 5.92 Å². The smallest absolute Gasteiger partial charge is 0.232 e. The Morgan fingerprint density at radius 2 is 2.27 bits per heavy atom. The van der Waals surface area contributed by atoms with Crippen LogP contribution >= 0.6 is 11.6 Å². The molecular formula is C17H20ClN3O. The molecule has 3 rings (SSSR count). The zero-order chi connectivity index (χ0) is 15.2. The van der Waals surface area contributed by atoms with Crippen LogP contribution in [-0.2, 0) is 6.54 Å². The predicted molar refractivity (Wildman–Crippen MR) is 87.0 cm³/mol. The molecule has 0 spiro atoms. The number of piperidine rings is 1. The summed E-state index contributed by atoms with van der Waals surface area (Å²) >= 11 is 6.06. The molecule has 0 aliphatic carbocycles. The molecule has 0 N–H and O–H groups in total. The van der Waals surface area contributed by atoms with Gasteiger partial charge in [0, 0.05) is 36.4 Å². The van der Waals surface area contributed by atoms with Crippen LogP contribution in [-0.4, -0.2) is 34.6 Å². The molecule has 0 bridgehead atoms. The Hall–Kier alpha value is -1.65. The van der Waals surface area contributed by atoms with E-state index in [1.807, 2.05) is 18.2 Å². The average molecular weight is 318 g/mol. The third-order valence-corrected chi connectivity index (χ3v) is 4.14. The molecule has 1 aliphatic rings. The Kier molecular flexibility index (Phi) is 5.24. The van der Waals surface area contributed by atoms with Crippen molar-refractivity contribution in [3.05, 3.63) is 53.4 Å². The third kappa shape index (κ3) is 4.42. The van der Waals surface area contributed by atoms with Gasteiger partial charge in [0.05, 0.1) is 12.8 Å². The molecule has 22 heavy (non-hydrogen) atoms. The monoisotopic (exact) mass is 317 g/mol. The molecule has 0 amide bonds. The minimum atomic E-state index is 0.537. The lowest BCUT2D eigenvalue weighted by molar-refractivity contribution is 0.123. The van der Waals surface area contributed by atoms with Crippen molar-refractivity contribution in [3.8, 4) is 5.88 Å². The van der Waals surface area contributed by atoms with Gasteiger partial charge in [-0.25, -0.2) is 4.98 Å². The molecule has 1 aromatic carbocycles. The summed E-state index contributed by atoms with van der Waals surface area (Å²) in [5.74, 6) is 1.14. The van der Waals surface area contributed by atoms with Crippen molar-refractivity contribution in [2.75, 3.05) is 19.7 Å². The summed E-state index contributed by atoms with van der Waals surface area (Å²) in [6.45, 7) is 3.83. The Bertz CT molecular complexity index is 593. The van der Waals surface area contributed by atoms with Gasteiger partial charge in [-0.1, -0.05) is 23.7 Å². The second kappa shape index (κ2) is 7.56. The quantitative estimate of drug-likeness (QED) is 0.847. The Balaban J connectivity index is 1.51. The van der Waals surface area contributed by atoms with Gasteiger partial charge in [-0.3, -0.25) is 9.88 Å². The van der Waals surface area contributed by atoms with Crippen molar-refractivity contribution in [1.82, 2.24) is 14.9 Å². The van der Waals surface area contributed by atoms with E-state index in [1.165, 1.54) is 18.4 Å². The van der Waals surface area contributed by atoms with Crippen molar-refractivity contribution in [2.45, 2.75) is 19.4 Å². The van der Waals surface area contributed by atoms with E-state index in [9.17, 15) is 0 Å². The maximum atomic E-state index is 6.06. The molecule has 1 fully saturated rings. The Morgan fingerprint density at radius 3 is 3.09 bits per heavy atom. The van der Waals surface area contributed by atoms with Crippen molar-refractivity contribution in [3.63, 3.8) is 0 Å². The van der Waals surface area contributed by atoms with Crippen LogP contribution in [0.5, 0.6) is 5.88 Å². The van der Waals surface area contributed by atoms with Gasteiger partial charge in [0.15, 0.2) is 0 Å². The van der Waals surface area contributed by atoms with Crippen LogP contribution < -0.4 is 4.74 Å². The highest BCUT2D eigenvalue weighted by Gasteiger charge is 2.20. The van der Waals surface area contributed by atoms with E-state index in [-0.39, 0.29) is 0 Å². The van der Waals surface area contributed by atoms with Crippen molar-refractivity contribution in [2.24, 2.45) is 5.92 Å². The lowest BCUT2D eigenvalue weighted by Gasteiger charge is -2.32. The maximum Gasteiger partial charge on any atom is 0.232 e. The van der Waals surface area contributed by atoms with Gasteiger partial charge in [0.2, 0.25) is 5.88 Å². The van der Waals surface area contributed by atoms with E-state index in [0.29, 0.717) is 18.4 Å². The van der Waals surface area contributed by atoms with Gasteiger partial charge < -0.3 is 4.74 Å². The molecule has 1 atom stereocenters. The predicted octanol–water partition coefficient (Wildman–Crippen LogP) is 3.42. The molecule has 0 radical (unpaired) electrons. The Labute approximate surface area is 136 Å². The molecule has 5 heteroatoms. The molecule has 4 nitrogen and oxygen atoms in total. The standard InChI is InChI=1S/C17H20ClN3O/c18-16-5-1-3-14(9-16)11-21-8-2-4-15(12-21)13-22-17-10-19-6-7-20-17/h1,3,5-7,9-10,15H,2,4,8,11-13H2. The zero-order valence-electron chi connectivity index (χ0n) is 12.5. The van der Waals surface area contributed by atoms with Crippen LogP contribution in [0.15, 0.2) is 42.9 Å². The van der Waals surface area contributed by atoms with E-state index < -0.39 is 0 Å². The van der Waals surface area contributed by atoms with Gasteiger partial charge in [-0.15, -0.1) is 0 Å². The molecule has 1 saturated heterocycles. The van der Waals surface area contributed by atoms with Gasteiger partial charge in [-0.2, -0.15) is 0 Å². The Morgan fingerprint density at radius 1 is 1.32 bits per heavy atom. The van der Waals surface area contributed by atoms with Crippen molar-refractivity contribution >= 4 is 11.6 Å². The highest BCUT2D eigenvalue weighted by atomic mass is 35.5. The first-order chi connectivity index (χ1) is 10.8. The molecule has 1 aromatic heterocycles. The average Bonchev–Trinajstić information content (AvgIpc) is 2.54. The third-order valence-electron chi connectivity index (χ3n) is 3.90. The van der Waals surface area contributed by atoms with E-state index in [0.717, 1.165) is 24.7 Å². The fraction of sp³-hybridized carbons (Fsp3) is 0.412. The largest absolute Gasteiger partial charge is 0.476 e. The minimum Gasteiger partial charge on any atom is -0.476 e. The number of rotatable bonds is 5. The number of aromatic nitrogens is 2. The normalized spacial score (nSPS) is 19.0. The van der Waals surface area contributed by atoms with Crippen molar-refractivity contribution in [1.29, 1.82) is 0 Å². The number of benzene rings is 1. The summed E-state index contributed by atoms with van der Waals surface area (Å²) in [4.78, 5) is 10.6. The molecule has 2 heterocycles. The SMILES string of the molecule is Clc1cccc(CN2CCCC(COc3cnccn3)C2)c1. The molecule has 116 valence electrons. The summed E-state index contributed by atoms with van der Waals surface area (Å²) < 4.78 is 5.74. The summed E-state index contributed by atoms with van der Waals surface area (Å²) in [7, 11) is 0. The van der Waals surface area contributed by atoms with Crippen LogP contribution in [0.1, 0.15) is 18.4 Å². The van der Waals surface area contributed by atoms with Crippen molar-refractivity contribution < 1.29 is 4.74 Å². The first-order valence-corrected chi connectivity index (χ1v) is 8.03. The zero-order valence-corrected chi connectivity index (χ0v) is 13.2. The topological polar surface area (TPSA) is 38.2 Å². The van der Waals surface area contributed by atoms with Crippen LogP contribution in [0.25, 0.3) is 0 Å². The molecule has 2 aromatic rings. The minimum absolute atomic E-state index is 0.537. The summed E-state index contributed by atoms with van der Waals surface area (Å²) in [5.41, 5.74) is 1.27. The molecular weight excluding hydrogens is 298 g/mol. The number of halogens is 1. The highest BCUT2D eigenvalue weighted by Crippen LogP contribution is 2.20. The van der Waals surface area contributed by atoms with Gasteiger partial charge >= 0.3 is 0 Å². The van der Waals surface area contributed by atoms with Crippen LogP contribution in [0.4, 0.5) is 0 Å². The van der Waals surface area contributed by atoms with E-state index >= 15 is 0 Å². The molecule has 0 saturated carbocycles. The fourth-order valence-corrected chi connectivity index (χ4v) is 3.10. The first kappa shape index (κ1) is 15.3. The number of hydrogen-bond donors (Lipinski definition) is 0. The van der Waals surface area contributed by atoms with Crippen LogP contribution in [0.2, 0.25) is 5.02 Å². The number of nitrogens with zero attached hydrogens (tertiary/aromatic N) is 3. The number of hydrogen-bond acceptors (Lipinski definition) is 4.